The molecule has 0 fully saturated rings. The van der Waals surface area contributed by atoms with E-state index in [1.54, 1.807) is 13.8 Å². The lowest BCUT2D eigenvalue weighted by molar-refractivity contribution is -0.147. The Hall–Kier alpha value is -1.03. The van der Waals surface area contributed by atoms with Gasteiger partial charge < -0.3 is 10.4 Å². The molecule has 1 aromatic rings. The molecule has 0 aromatic heterocycles. The van der Waals surface area contributed by atoms with Crippen LogP contribution in [0.5, 0.6) is 0 Å². The Morgan fingerprint density at radius 1 is 1.59 bits per heavy atom. The number of benzene rings is 1. The highest BCUT2D eigenvalue weighted by Gasteiger charge is 2.34. The molecule has 1 aliphatic heterocycles. The van der Waals surface area contributed by atoms with Gasteiger partial charge in [0.25, 0.3) is 0 Å². The summed E-state index contributed by atoms with van der Waals surface area (Å²) in [7, 11) is 0. The summed E-state index contributed by atoms with van der Waals surface area (Å²) >= 11 is 3.46. The van der Waals surface area contributed by atoms with E-state index in [2.05, 4.69) is 27.3 Å². The van der Waals surface area contributed by atoms with E-state index in [0.29, 0.717) is 6.42 Å². The minimum Gasteiger partial charge on any atom is -0.481 e. The van der Waals surface area contributed by atoms with Gasteiger partial charge in [0, 0.05) is 22.6 Å². The van der Waals surface area contributed by atoms with Gasteiger partial charge in [0.15, 0.2) is 0 Å². The van der Waals surface area contributed by atoms with Crippen LogP contribution in [-0.2, 0) is 4.79 Å². The number of halogens is 1. The van der Waals surface area contributed by atoms with Gasteiger partial charge >= 0.3 is 5.97 Å². The zero-order valence-electron chi connectivity index (χ0n) is 9.96. The quantitative estimate of drug-likeness (QED) is 0.898. The van der Waals surface area contributed by atoms with Crippen molar-refractivity contribution in [2.24, 2.45) is 5.41 Å². The number of aliphatic carboxylic acids is 1. The van der Waals surface area contributed by atoms with Gasteiger partial charge in [-0.05, 0) is 44.0 Å². The molecule has 0 radical (unpaired) electrons. The predicted molar refractivity (Wildman–Crippen MR) is 71.4 cm³/mol. The zero-order valence-corrected chi connectivity index (χ0v) is 11.5. The topological polar surface area (TPSA) is 49.3 Å². The summed E-state index contributed by atoms with van der Waals surface area (Å²) in [4.78, 5) is 11.2. The van der Waals surface area contributed by atoms with E-state index in [-0.39, 0.29) is 5.92 Å². The first-order valence-electron chi connectivity index (χ1n) is 5.67. The average Bonchev–Trinajstić information content (AvgIpc) is 2.60. The second-order valence-corrected chi connectivity index (χ2v) is 6.12. The average molecular weight is 298 g/mol. The summed E-state index contributed by atoms with van der Waals surface area (Å²) < 4.78 is 1.04. The van der Waals surface area contributed by atoms with Crippen molar-refractivity contribution in [3.63, 3.8) is 0 Å². The Balaban J connectivity index is 2.23. The Morgan fingerprint density at radius 3 is 2.94 bits per heavy atom. The lowest BCUT2D eigenvalue weighted by atomic mass is 9.81. The van der Waals surface area contributed by atoms with Crippen LogP contribution in [0.4, 0.5) is 5.69 Å². The molecule has 0 spiro atoms. The summed E-state index contributed by atoms with van der Waals surface area (Å²) in [6.45, 7) is 4.39. The van der Waals surface area contributed by atoms with Crippen molar-refractivity contribution < 1.29 is 9.90 Å². The minimum absolute atomic E-state index is 0.272. The number of nitrogens with one attached hydrogen (secondary N) is 1. The Morgan fingerprint density at radius 2 is 2.29 bits per heavy atom. The third kappa shape index (κ3) is 2.46. The fraction of sp³-hybridized carbons (Fsp3) is 0.462. The lowest BCUT2D eigenvalue weighted by Crippen LogP contribution is -2.26. The summed E-state index contributed by atoms with van der Waals surface area (Å²) in [5.41, 5.74) is 1.66. The van der Waals surface area contributed by atoms with E-state index < -0.39 is 11.4 Å². The van der Waals surface area contributed by atoms with Gasteiger partial charge in [-0.1, -0.05) is 15.9 Å². The number of rotatable bonds is 3. The highest BCUT2D eigenvalue weighted by atomic mass is 79.9. The molecule has 0 aliphatic carbocycles. The standard InChI is InChI=1S/C13H16BrNO2/c1-13(2,12(16)17)6-8-7-15-11-4-3-9(14)5-10(8)11/h3-5,8,15H,6-7H2,1-2H3,(H,16,17). The molecule has 1 unspecified atom stereocenters. The maximum absolute atomic E-state index is 11.2. The van der Waals surface area contributed by atoms with Crippen LogP contribution in [0.1, 0.15) is 31.7 Å². The van der Waals surface area contributed by atoms with Crippen molar-refractivity contribution in [3.05, 3.63) is 28.2 Å². The lowest BCUT2D eigenvalue weighted by Gasteiger charge is -2.23. The number of carbonyl (C=O) groups is 1. The van der Waals surface area contributed by atoms with Gasteiger partial charge in [-0.25, -0.2) is 0 Å². The third-order valence-electron chi connectivity index (χ3n) is 3.33. The molecule has 3 nitrogen and oxygen atoms in total. The maximum Gasteiger partial charge on any atom is 0.309 e. The number of fused-ring (bicyclic) bond motifs is 1. The molecule has 0 saturated heterocycles. The van der Waals surface area contributed by atoms with E-state index in [4.69, 9.17) is 0 Å². The van der Waals surface area contributed by atoms with E-state index in [9.17, 15) is 9.90 Å². The molecule has 1 aliphatic rings. The highest BCUT2D eigenvalue weighted by Crippen LogP contribution is 2.40. The molecule has 0 bridgehead atoms. The summed E-state index contributed by atoms with van der Waals surface area (Å²) in [5.74, 6) is -0.463. The molecule has 1 atom stereocenters. The van der Waals surface area contributed by atoms with Gasteiger partial charge in [-0.2, -0.15) is 0 Å². The molecule has 2 rings (SSSR count). The Bertz CT molecular complexity index is 457. The van der Waals surface area contributed by atoms with Crippen LogP contribution < -0.4 is 5.32 Å². The first-order chi connectivity index (χ1) is 7.90. The summed E-state index contributed by atoms with van der Waals surface area (Å²) in [6, 6.07) is 6.11. The number of hydrogen-bond donors (Lipinski definition) is 2. The van der Waals surface area contributed by atoms with Gasteiger partial charge in [-0.3, -0.25) is 4.79 Å². The van der Waals surface area contributed by atoms with Crippen molar-refractivity contribution in [1.82, 2.24) is 0 Å². The van der Waals surface area contributed by atoms with Gasteiger partial charge in [0.05, 0.1) is 5.41 Å². The van der Waals surface area contributed by atoms with Crippen LogP contribution in [0.3, 0.4) is 0 Å². The number of anilines is 1. The van der Waals surface area contributed by atoms with Gasteiger partial charge in [-0.15, -0.1) is 0 Å². The third-order valence-corrected chi connectivity index (χ3v) is 3.82. The monoisotopic (exact) mass is 297 g/mol. The SMILES string of the molecule is CC(C)(CC1CNc2ccc(Br)cc21)C(=O)O. The number of carboxylic acids is 1. The second-order valence-electron chi connectivity index (χ2n) is 5.20. The zero-order chi connectivity index (χ0) is 12.6. The maximum atomic E-state index is 11.2. The summed E-state index contributed by atoms with van der Waals surface area (Å²) in [6.07, 6.45) is 0.652. The Kier molecular flexibility index (Phi) is 3.17. The molecule has 0 saturated carbocycles. The van der Waals surface area contributed by atoms with Gasteiger partial charge in [0.2, 0.25) is 0 Å². The minimum atomic E-state index is -0.735. The van der Waals surface area contributed by atoms with Crippen LogP contribution in [0, 0.1) is 5.41 Å². The second kappa shape index (κ2) is 4.33. The molecular formula is C13H16BrNO2. The van der Waals surface area contributed by atoms with Crippen molar-refractivity contribution in [3.8, 4) is 0 Å². The molecule has 17 heavy (non-hydrogen) atoms. The van der Waals surface area contributed by atoms with E-state index >= 15 is 0 Å². The van der Waals surface area contributed by atoms with Crippen LogP contribution in [0.2, 0.25) is 0 Å². The van der Waals surface area contributed by atoms with E-state index in [1.165, 1.54) is 5.56 Å². The van der Waals surface area contributed by atoms with E-state index in [0.717, 1.165) is 16.7 Å². The van der Waals surface area contributed by atoms with Crippen LogP contribution >= 0.6 is 15.9 Å². The molecule has 2 N–H and O–H groups in total. The number of hydrogen-bond acceptors (Lipinski definition) is 2. The normalized spacial score (nSPS) is 18.6. The van der Waals surface area contributed by atoms with Crippen molar-refractivity contribution in [2.45, 2.75) is 26.2 Å². The largest absolute Gasteiger partial charge is 0.481 e. The molecule has 0 amide bonds. The molecule has 4 heteroatoms. The van der Waals surface area contributed by atoms with Crippen molar-refractivity contribution >= 4 is 27.6 Å². The molecule has 92 valence electrons. The van der Waals surface area contributed by atoms with Crippen LogP contribution in [0.15, 0.2) is 22.7 Å². The predicted octanol–water partition coefficient (Wildman–Crippen LogP) is 3.46. The fourth-order valence-corrected chi connectivity index (χ4v) is 2.64. The Labute approximate surface area is 109 Å². The first kappa shape index (κ1) is 12.4. The molecule has 1 aromatic carbocycles. The van der Waals surface area contributed by atoms with Gasteiger partial charge in [0.1, 0.15) is 0 Å². The van der Waals surface area contributed by atoms with Crippen LogP contribution in [0.25, 0.3) is 0 Å². The first-order valence-corrected chi connectivity index (χ1v) is 6.46. The highest BCUT2D eigenvalue weighted by molar-refractivity contribution is 9.10. The number of carboxylic acid groups (broad SMARTS) is 1. The van der Waals surface area contributed by atoms with E-state index in [1.807, 2.05) is 12.1 Å². The van der Waals surface area contributed by atoms with Crippen molar-refractivity contribution in [1.29, 1.82) is 0 Å². The fourth-order valence-electron chi connectivity index (χ4n) is 2.26. The van der Waals surface area contributed by atoms with Crippen LogP contribution in [-0.4, -0.2) is 17.6 Å². The van der Waals surface area contributed by atoms with Crippen molar-refractivity contribution in [2.75, 3.05) is 11.9 Å². The molecule has 1 heterocycles. The molecular weight excluding hydrogens is 282 g/mol. The summed E-state index contributed by atoms with van der Waals surface area (Å²) in [5, 5.41) is 12.5. The smallest absolute Gasteiger partial charge is 0.309 e.